The number of unbranched alkanes of at least 4 members (excludes halogenated alkanes) is 1. The van der Waals surface area contributed by atoms with Gasteiger partial charge >= 0.3 is 0 Å². The monoisotopic (exact) mass is 264 g/mol. The van der Waals surface area contributed by atoms with Gasteiger partial charge in [0.2, 0.25) is 5.91 Å². The molecule has 1 aromatic rings. The van der Waals surface area contributed by atoms with Gasteiger partial charge in [0.05, 0.1) is 12.3 Å². The molecule has 1 rings (SSSR count). The van der Waals surface area contributed by atoms with Crippen LogP contribution in [0.4, 0.5) is 5.69 Å². The lowest BCUT2D eigenvalue weighted by Crippen LogP contribution is -2.15. The molecule has 0 spiro atoms. The molecule has 0 aliphatic heterocycles. The first-order valence-corrected chi connectivity index (χ1v) is 6.94. The van der Waals surface area contributed by atoms with Crippen LogP contribution in [0.15, 0.2) is 24.3 Å². The molecule has 2 N–H and O–H groups in total. The van der Waals surface area contributed by atoms with Crippen LogP contribution in [0.2, 0.25) is 0 Å². The number of amides is 1. The van der Waals surface area contributed by atoms with E-state index in [1.807, 2.05) is 31.3 Å². The van der Waals surface area contributed by atoms with Crippen LogP contribution in [0.3, 0.4) is 0 Å². The summed E-state index contributed by atoms with van der Waals surface area (Å²) < 4.78 is 5.68. The number of hydrogen-bond donors (Lipinski definition) is 2. The highest BCUT2D eigenvalue weighted by Gasteiger charge is 2.06. The van der Waals surface area contributed by atoms with Crippen LogP contribution in [0.5, 0.6) is 5.75 Å². The van der Waals surface area contributed by atoms with Gasteiger partial charge in [-0.3, -0.25) is 4.79 Å². The zero-order chi connectivity index (χ0) is 13.9. The molecule has 0 aliphatic carbocycles. The van der Waals surface area contributed by atoms with Crippen molar-refractivity contribution >= 4 is 11.6 Å². The maximum absolute atomic E-state index is 11.8. The van der Waals surface area contributed by atoms with Crippen molar-refractivity contribution in [2.75, 3.05) is 25.5 Å². The minimum atomic E-state index is 0.0294. The predicted octanol–water partition coefficient (Wildman–Crippen LogP) is 2.80. The molecule has 0 saturated heterocycles. The predicted molar refractivity (Wildman–Crippen MR) is 78.6 cm³/mol. The van der Waals surface area contributed by atoms with Gasteiger partial charge in [-0.1, -0.05) is 25.5 Å². The summed E-state index contributed by atoms with van der Waals surface area (Å²) in [5.41, 5.74) is 0.757. The van der Waals surface area contributed by atoms with E-state index in [2.05, 4.69) is 17.6 Å². The summed E-state index contributed by atoms with van der Waals surface area (Å²) in [5.74, 6) is 0.778. The normalized spacial score (nSPS) is 10.2. The Balaban J connectivity index is 2.49. The van der Waals surface area contributed by atoms with Gasteiger partial charge in [0.25, 0.3) is 0 Å². The van der Waals surface area contributed by atoms with Crippen molar-refractivity contribution in [3.63, 3.8) is 0 Å². The fourth-order valence-corrected chi connectivity index (χ4v) is 1.66. The Kier molecular flexibility index (Phi) is 7.66. The number of carbonyl (C=O) groups excluding carboxylic acids is 1. The van der Waals surface area contributed by atoms with Gasteiger partial charge in [0.1, 0.15) is 5.75 Å². The number of anilines is 1. The number of nitrogens with one attached hydrogen (secondary N) is 2. The quantitative estimate of drug-likeness (QED) is 0.674. The third-order valence-electron chi connectivity index (χ3n) is 2.75. The lowest BCUT2D eigenvalue weighted by Gasteiger charge is -2.12. The van der Waals surface area contributed by atoms with E-state index in [0.29, 0.717) is 13.0 Å². The topological polar surface area (TPSA) is 50.4 Å². The third kappa shape index (κ3) is 6.25. The van der Waals surface area contributed by atoms with Gasteiger partial charge in [-0.15, -0.1) is 0 Å². The van der Waals surface area contributed by atoms with Gasteiger partial charge in [-0.05, 0) is 38.6 Å². The van der Waals surface area contributed by atoms with Crippen LogP contribution in [0.1, 0.15) is 32.6 Å². The average molecular weight is 264 g/mol. The Morgan fingerprint density at radius 2 is 2.05 bits per heavy atom. The van der Waals surface area contributed by atoms with Crippen molar-refractivity contribution in [2.45, 2.75) is 32.6 Å². The van der Waals surface area contributed by atoms with Gasteiger partial charge in [-0.2, -0.15) is 0 Å². The van der Waals surface area contributed by atoms with E-state index in [1.54, 1.807) is 0 Å². The summed E-state index contributed by atoms with van der Waals surface area (Å²) in [5, 5.41) is 5.93. The Morgan fingerprint density at radius 3 is 2.79 bits per heavy atom. The van der Waals surface area contributed by atoms with Gasteiger partial charge < -0.3 is 15.4 Å². The summed E-state index contributed by atoms with van der Waals surface area (Å²) >= 11 is 0. The molecule has 0 atom stereocenters. The molecule has 0 aliphatic rings. The maximum atomic E-state index is 11.8. The molecular weight excluding hydrogens is 240 g/mol. The molecule has 0 bridgehead atoms. The number of benzene rings is 1. The summed E-state index contributed by atoms with van der Waals surface area (Å²) in [6, 6.07) is 7.57. The molecule has 4 heteroatoms. The molecule has 19 heavy (non-hydrogen) atoms. The molecule has 0 unspecified atom stereocenters. The minimum absolute atomic E-state index is 0.0294. The number of hydrogen-bond acceptors (Lipinski definition) is 3. The second-order valence-electron chi connectivity index (χ2n) is 4.45. The smallest absolute Gasteiger partial charge is 0.224 e. The van der Waals surface area contributed by atoms with Crippen LogP contribution in [0.25, 0.3) is 0 Å². The van der Waals surface area contributed by atoms with Crippen LogP contribution >= 0.6 is 0 Å². The minimum Gasteiger partial charge on any atom is -0.491 e. The second-order valence-corrected chi connectivity index (χ2v) is 4.45. The molecular formula is C15H24N2O2. The molecule has 1 amide bonds. The highest BCUT2D eigenvalue weighted by Crippen LogP contribution is 2.24. The van der Waals surface area contributed by atoms with Crippen LogP contribution in [-0.2, 0) is 4.79 Å². The molecule has 0 heterocycles. The van der Waals surface area contributed by atoms with Crippen molar-refractivity contribution in [2.24, 2.45) is 0 Å². The first kappa shape index (κ1) is 15.5. The first-order valence-electron chi connectivity index (χ1n) is 6.94. The molecule has 0 radical (unpaired) electrons. The molecule has 106 valence electrons. The molecule has 0 saturated carbocycles. The van der Waals surface area contributed by atoms with E-state index in [-0.39, 0.29) is 5.91 Å². The fraction of sp³-hybridized carbons (Fsp3) is 0.533. The van der Waals surface area contributed by atoms with Gasteiger partial charge in [0.15, 0.2) is 0 Å². The van der Waals surface area contributed by atoms with Crippen LogP contribution in [0, 0.1) is 0 Å². The molecule has 1 aromatic carbocycles. The van der Waals surface area contributed by atoms with E-state index in [4.69, 9.17) is 4.74 Å². The van der Waals surface area contributed by atoms with E-state index in [1.165, 1.54) is 0 Å². The average Bonchev–Trinajstić information content (AvgIpc) is 2.41. The van der Waals surface area contributed by atoms with Crippen LogP contribution in [-0.4, -0.2) is 26.1 Å². The number of rotatable bonds is 9. The van der Waals surface area contributed by atoms with E-state index in [9.17, 15) is 4.79 Å². The Bertz CT molecular complexity index is 380. The summed E-state index contributed by atoms with van der Waals surface area (Å²) in [7, 11) is 1.88. The summed E-state index contributed by atoms with van der Waals surface area (Å²) in [6.45, 7) is 3.66. The maximum Gasteiger partial charge on any atom is 0.224 e. The zero-order valence-electron chi connectivity index (χ0n) is 11.9. The largest absolute Gasteiger partial charge is 0.491 e. The van der Waals surface area contributed by atoms with Crippen molar-refractivity contribution in [1.82, 2.24) is 5.32 Å². The zero-order valence-corrected chi connectivity index (χ0v) is 11.9. The number of ether oxygens (including phenoxy) is 1. The fourth-order valence-electron chi connectivity index (χ4n) is 1.66. The van der Waals surface area contributed by atoms with Crippen molar-refractivity contribution in [3.8, 4) is 5.75 Å². The summed E-state index contributed by atoms with van der Waals surface area (Å²) in [4.78, 5) is 11.8. The summed E-state index contributed by atoms with van der Waals surface area (Å²) in [6.07, 6.45) is 3.47. The van der Waals surface area contributed by atoms with E-state index >= 15 is 0 Å². The Morgan fingerprint density at radius 1 is 1.26 bits per heavy atom. The van der Waals surface area contributed by atoms with Gasteiger partial charge in [0, 0.05) is 6.42 Å². The molecule has 0 aromatic heterocycles. The molecule has 4 nitrogen and oxygen atoms in total. The first-order chi connectivity index (χ1) is 9.27. The van der Waals surface area contributed by atoms with Crippen LogP contribution < -0.4 is 15.4 Å². The third-order valence-corrected chi connectivity index (χ3v) is 2.75. The standard InChI is InChI=1S/C15H24N2O2/c1-3-4-12-19-14-9-6-5-8-13(14)17-15(18)10-7-11-16-2/h5-6,8-9,16H,3-4,7,10-12H2,1-2H3,(H,17,18). The second kappa shape index (κ2) is 9.39. The van der Waals surface area contributed by atoms with Crippen molar-refractivity contribution < 1.29 is 9.53 Å². The Hall–Kier alpha value is -1.55. The highest BCUT2D eigenvalue weighted by molar-refractivity contribution is 5.92. The number of carbonyl (C=O) groups is 1. The lowest BCUT2D eigenvalue weighted by molar-refractivity contribution is -0.116. The van der Waals surface area contributed by atoms with E-state index < -0.39 is 0 Å². The highest BCUT2D eigenvalue weighted by atomic mass is 16.5. The van der Waals surface area contributed by atoms with Crippen molar-refractivity contribution in [1.29, 1.82) is 0 Å². The van der Waals surface area contributed by atoms with Gasteiger partial charge in [-0.25, -0.2) is 0 Å². The Labute approximate surface area is 115 Å². The van der Waals surface area contributed by atoms with E-state index in [0.717, 1.165) is 37.2 Å². The number of para-hydroxylation sites is 2. The van der Waals surface area contributed by atoms with Crippen molar-refractivity contribution in [3.05, 3.63) is 24.3 Å². The SMILES string of the molecule is CCCCOc1ccccc1NC(=O)CCCNC. The lowest BCUT2D eigenvalue weighted by atomic mass is 10.2. The molecule has 0 fully saturated rings.